The third-order valence-corrected chi connectivity index (χ3v) is 9.61. The van der Waals surface area contributed by atoms with Crippen LogP contribution >= 0.6 is 0 Å². The topological polar surface area (TPSA) is 23.0 Å². The molecule has 0 spiro atoms. The van der Waals surface area contributed by atoms with Crippen molar-refractivity contribution in [1.82, 2.24) is 9.13 Å². The minimum absolute atomic E-state index is 0.886. The van der Waals surface area contributed by atoms with E-state index in [1.54, 1.807) is 0 Å². The second kappa shape index (κ2) is 9.35. The van der Waals surface area contributed by atoms with Gasteiger partial charge in [0.15, 0.2) is 0 Å². The van der Waals surface area contributed by atoms with Crippen molar-refractivity contribution in [3.05, 3.63) is 151 Å². The lowest BCUT2D eigenvalue weighted by Crippen LogP contribution is -2.03. The highest BCUT2D eigenvalue weighted by Crippen LogP contribution is 2.41. The summed E-state index contributed by atoms with van der Waals surface area (Å²) in [7, 11) is 0. The Hall–Kier alpha value is -5.80. The molecule has 3 aromatic heterocycles. The van der Waals surface area contributed by atoms with Gasteiger partial charge in [0.05, 0.1) is 22.1 Å². The molecule has 0 radical (unpaired) electrons. The Morgan fingerprint density at radius 3 is 1.71 bits per heavy atom. The predicted molar refractivity (Wildman–Crippen MR) is 188 cm³/mol. The van der Waals surface area contributed by atoms with Crippen molar-refractivity contribution < 1.29 is 4.42 Å². The number of hydrogen-bond acceptors (Lipinski definition) is 1. The number of allylic oxidation sites excluding steroid dienone is 1. The molecular weight excluding hydrogens is 548 g/mol. The molecule has 10 rings (SSSR count). The first-order valence-electron chi connectivity index (χ1n) is 15.7. The van der Waals surface area contributed by atoms with Crippen molar-refractivity contribution in [2.45, 2.75) is 12.8 Å². The molecule has 0 atom stereocenters. The number of hydrogen-bond donors (Lipinski definition) is 0. The van der Waals surface area contributed by atoms with Crippen molar-refractivity contribution in [3.8, 4) is 16.8 Å². The number of benzene rings is 6. The molecule has 0 saturated heterocycles. The molecule has 6 aromatic carbocycles. The molecule has 0 fully saturated rings. The summed E-state index contributed by atoms with van der Waals surface area (Å²) in [5.74, 6) is 1.08. The minimum atomic E-state index is 0.886. The van der Waals surface area contributed by atoms with E-state index >= 15 is 0 Å². The average Bonchev–Trinajstić information content (AvgIpc) is 3.75. The molecular formula is C42H28N2O. The van der Waals surface area contributed by atoms with Crippen molar-refractivity contribution >= 4 is 66.4 Å². The number of furan rings is 1. The first kappa shape index (κ1) is 24.6. The fourth-order valence-corrected chi connectivity index (χ4v) is 7.59. The zero-order valence-corrected chi connectivity index (χ0v) is 24.6. The van der Waals surface area contributed by atoms with Crippen LogP contribution in [0.15, 0.2) is 144 Å². The van der Waals surface area contributed by atoms with Gasteiger partial charge >= 0.3 is 0 Å². The summed E-state index contributed by atoms with van der Waals surface area (Å²) in [5.41, 5.74) is 12.0. The van der Waals surface area contributed by atoms with Crippen LogP contribution in [0.25, 0.3) is 83.2 Å². The van der Waals surface area contributed by atoms with Crippen LogP contribution in [-0.2, 0) is 6.42 Å². The zero-order valence-electron chi connectivity index (χ0n) is 24.6. The van der Waals surface area contributed by atoms with E-state index in [1.165, 1.54) is 77.1 Å². The molecule has 3 heterocycles. The van der Waals surface area contributed by atoms with E-state index in [9.17, 15) is 0 Å². The van der Waals surface area contributed by atoms with Gasteiger partial charge in [0, 0.05) is 50.3 Å². The van der Waals surface area contributed by atoms with Gasteiger partial charge in [0.25, 0.3) is 0 Å². The number of nitrogens with zero attached hydrogens (tertiary/aromatic N) is 2. The minimum Gasteiger partial charge on any atom is -0.460 e. The Kier molecular flexibility index (Phi) is 5.11. The SMILES string of the molecule is C1=C(n2c3ccccc3c3ccccc32)CCc2oc3ccc(-c4ccc5c(c4)c4ccccc4n5-c4ccccc4)cc3c21. The molecule has 3 heteroatoms. The zero-order chi connectivity index (χ0) is 29.5. The first-order chi connectivity index (χ1) is 22.3. The van der Waals surface area contributed by atoms with Crippen LogP contribution < -0.4 is 0 Å². The van der Waals surface area contributed by atoms with E-state index in [0.717, 1.165) is 24.2 Å². The molecule has 0 unspecified atom stereocenters. The predicted octanol–water partition coefficient (Wildman–Crippen LogP) is 11.2. The summed E-state index contributed by atoms with van der Waals surface area (Å²) < 4.78 is 11.3. The molecule has 1 aliphatic rings. The van der Waals surface area contributed by atoms with Crippen LogP contribution in [-0.4, -0.2) is 9.13 Å². The fourth-order valence-electron chi connectivity index (χ4n) is 7.59. The van der Waals surface area contributed by atoms with E-state index in [0.29, 0.717) is 0 Å². The maximum absolute atomic E-state index is 6.45. The maximum Gasteiger partial charge on any atom is 0.134 e. The van der Waals surface area contributed by atoms with Gasteiger partial charge in [-0.05, 0) is 78.2 Å². The van der Waals surface area contributed by atoms with Crippen LogP contribution in [0.1, 0.15) is 17.7 Å². The number of fused-ring (bicyclic) bond motifs is 9. The number of aryl methyl sites for hydroxylation is 1. The maximum atomic E-state index is 6.45. The van der Waals surface area contributed by atoms with Gasteiger partial charge in [-0.3, -0.25) is 0 Å². The Morgan fingerprint density at radius 1 is 0.444 bits per heavy atom. The number of para-hydroxylation sites is 4. The van der Waals surface area contributed by atoms with E-state index in [-0.39, 0.29) is 0 Å². The van der Waals surface area contributed by atoms with Gasteiger partial charge in [-0.1, -0.05) is 84.9 Å². The first-order valence-corrected chi connectivity index (χ1v) is 15.7. The standard InChI is InChI=1S/C42H28N2O/c1-2-10-29(11-3-1)43-39-17-9-6-14-33(39)34-24-27(18-21-40(34)43)28-19-22-41-35(25-28)36-26-30(20-23-42(36)45-41)44-37-15-7-4-12-31(37)32-13-5-8-16-38(32)44/h1-19,21-22,24-26H,20,23H2. The molecule has 1 aliphatic carbocycles. The summed E-state index contributed by atoms with van der Waals surface area (Å²) in [6, 6.07) is 50.4. The van der Waals surface area contributed by atoms with Gasteiger partial charge in [0.1, 0.15) is 11.3 Å². The van der Waals surface area contributed by atoms with Crippen LogP contribution in [0.3, 0.4) is 0 Å². The smallest absolute Gasteiger partial charge is 0.134 e. The van der Waals surface area contributed by atoms with Gasteiger partial charge in [-0.15, -0.1) is 0 Å². The normalized spacial score (nSPS) is 13.3. The van der Waals surface area contributed by atoms with Gasteiger partial charge in [-0.2, -0.15) is 0 Å². The Labute approximate surface area is 259 Å². The second-order valence-corrected chi connectivity index (χ2v) is 12.1. The van der Waals surface area contributed by atoms with E-state index in [4.69, 9.17) is 4.42 Å². The van der Waals surface area contributed by atoms with Crippen LogP contribution in [0.4, 0.5) is 0 Å². The second-order valence-electron chi connectivity index (χ2n) is 12.1. The summed E-state index contributed by atoms with van der Waals surface area (Å²) in [4.78, 5) is 0. The monoisotopic (exact) mass is 576 g/mol. The lowest BCUT2D eigenvalue weighted by molar-refractivity contribution is 0.546. The summed E-state index contributed by atoms with van der Waals surface area (Å²) in [6.45, 7) is 0. The van der Waals surface area contributed by atoms with Crippen molar-refractivity contribution in [3.63, 3.8) is 0 Å². The Balaban J connectivity index is 1.14. The average molecular weight is 577 g/mol. The highest BCUT2D eigenvalue weighted by Gasteiger charge is 2.22. The largest absolute Gasteiger partial charge is 0.460 e. The van der Waals surface area contributed by atoms with Crippen molar-refractivity contribution in [2.75, 3.05) is 0 Å². The van der Waals surface area contributed by atoms with Crippen LogP contribution in [0.5, 0.6) is 0 Å². The lowest BCUT2D eigenvalue weighted by Gasteiger charge is -2.16. The molecule has 0 aliphatic heterocycles. The number of rotatable bonds is 3. The fraction of sp³-hybridized carbons (Fsp3) is 0.0476. The quantitative estimate of drug-likeness (QED) is 0.205. The van der Waals surface area contributed by atoms with Crippen molar-refractivity contribution in [2.24, 2.45) is 0 Å². The Bertz CT molecular complexity index is 2590. The lowest BCUT2D eigenvalue weighted by atomic mass is 9.96. The molecule has 0 bridgehead atoms. The van der Waals surface area contributed by atoms with Crippen molar-refractivity contribution in [1.29, 1.82) is 0 Å². The van der Waals surface area contributed by atoms with E-state index in [1.807, 2.05) is 0 Å². The van der Waals surface area contributed by atoms with E-state index in [2.05, 4.69) is 155 Å². The molecule has 0 amide bonds. The highest BCUT2D eigenvalue weighted by atomic mass is 16.3. The molecule has 45 heavy (non-hydrogen) atoms. The number of aromatic nitrogens is 2. The molecule has 3 nitrogen and oxygen atoms in total. The molecule has 212 valence electrons. The highest BCUT2D eigenvalue weighted by molar-refractivity contribution is 6.12. The summed E-state index contributed by atoms with van der Waals surface area (Å²) in [5, 5.41) is 6.28. The molecule has 0 N–H and O–H groups in total. The van der Waals surface area contributed by atoms with Gasteiger partial charge in [-0.25, -0.2) is 0 Å². The molecule has 0 saturated carbocycles. The van der Waals surface area contributed by atoms with Gasteiger partial charge in [0.2, 0.25) is 0 Å². The van der Waals surface area contributed by atoms with Crippen LogP contribution in [0, 0.1) is 0 Å². The van der Waals surface area contributed by atoms with Crippen LogP contribution in [0.2, 0.25) is 0 Å². The third kappa shape index (κ3) is 3.58. The molecule has 9 aromatic rings. The Morgan fingerprint density at radius 2 is 1.00 bits per heavy atom. The van der Waals surface area contributed by atoms with Gasteiger partial charge < -0.3 is 13.6 Å². The van der Waals surface area contributed by atoms with E-state index < -0.39 is 0 Å². The third-order valence-electron chi connectivity index (χ3n) is 9.61. The summed E-state index contributed by atoms with van der Waals surface area (Å²) >= 11 is 0. The summed E-state index contributed by atoms with van der Waals surface area (Å²) in [6.07, 6.45) is 4.19.